The average molecular weight is 429 g/mol. The number of unbranched alkanes of at least 4 members (excludes halogenated alkanes) is 3. The smallest absolute Gasteiger partial charge is 0.119 e. The second-order valence-corrected chi connectivity index (χ2v) is 8.30. The van der Waals surface area contributed by atoms with Crippen molar-refractivity contribution < 1.29 is 9.47 Å². The SMILES string of the molecule is C=Cc1cc(-c2ccc(OCCCCCC)cc2)ccc1-c1ccc(O[C@@H](C)CC)cc1. The van der Waals surface area contributed by atoms with Crippen molar-refractivity contribution in [1.82, 2.24) is 0 Å². The summed E-state index contributed by atoms with van der Waals surface area (Å²) in [5, 5.41) is 0. The molecule has 3 rings (SSSR count). The Labute approximate surface area is 193 Å². The second-order valence-electron chi connectivity index (χ2n) is 8.30. The fourth-order valence-electron chi connectivity index (χ4n) is 3.67. The highest BCUT2D eigenvalue weighted by Crippen LogP contribution is 2.31. The van der Waals surface area contributed by atoms with Gasteiger partial charge in [-0.3, -0.25) is 0 Å². The molecule has 1 atom stereocenters. The molecule has 0 heterocycles. The van der Waals surface area contributed by atoms with E-state index in [0.717, 1.165) is 42.1 Å². The van der Waals surface area contributed by atoms with Crippen LogP contribution in [0.4, 0.5) is 0 Å². The number of hydrogen-bond acceptors (Lipinski definition) is 2. The Hall–Kier alpha value is -3.00. The molecular weight excluding hydrogens is 392 g/mol. The van der Waals surface area contributed by atoms with Crippen LogP contribution in [0.1, 0.15) is 58.4 Å². The van der Waals surface area contributed by atoms with Gasteiger partial charge >= 0.3 is 0 Å². The van der Waals surface area contributed by atoms with Gasteiger partial charge in [-0.1, -0.05) is 82.2 Å². The minimum Gasteiger partial charge on any atom is -0.494 e. The highest BCUT2D eigenvalue weighted by molar-refractivity contribution is 5.79. The lowest BCUT2D eigenvalue weighted by molar-refractivity contribution is 0.217. The van der Waals surface area contributed by atoms with E-state index in [9.17, 15) is 0 Å². The molecule has 3 aromatic rings. The second kappa shape index (κ2) is 12.1. The fraction of sp³-hybridized carbons (Fsp3) is 0.333. The maximum atomic E-state index is 5.91. The average Bonchev–Trinajstić information content (AvgIpc) is 2.84. The Morgan fingerprint density at radius 3 is 2.09 bits per heavy atom. The summed E-state index contributed by atoms with van der Waals surface area (Å²) in [7, 11) is 0. The maximum absolute atomic E-state index is 5.91. The first-order chi connectivity index (χ1) is 15.6. The molecule has 0 aliphatic carbocycles. The Morgan fingerprint density at radius 2 is 1.44 bits per heavy atom. The van der Waals surface area contributed by atoms with Crippen LogP contribution in [0, 0.1) is 0 Å². The zero-order chi connectivity index (χ0) is 22.8. The van der Waals surface area contributed by atoms with Crippen molar-refractivity contribution in [2.75, 3.05) is 6.61 Å². The van der Waals surface area contributed by atoms with Crippen LogP contribution in [-0.4, -0.2) is 12.7 Å². The lowest BCUT2D eigenvalue weighted by Gasteiger charge is -2.14. The van der Waals surface area contributed by atoms with Crippen molar-refractivity contribution in [3.8, 4) is 33.8 Å². The van der Waals surface area contributed by atoms with Crippen LogP contribution in [0.5, 0.6) is 11.5 Å². The van der Waals surface area contributed by atoms with Gasteiger partial charge in [-0.25, -0.2) is 0 Å². The predicted octanol–water partition coefficient (Wildman–Crippen LogP) is 8.80. The highest BCUT2D eigenvalue weighted by Gasteiger charge is 2.08. The summed E-state index contributed by atoms with van der Waals surface area (Å²) in [6.07, 6.45) is 8.02. The molecule has 0 aliphatic heterocycles. The summed E-state index contributed by atoms with van der Waals surface area (Å²) in [6, 6.07) is 23.3. The summed E-state index contributed by atoms with van der Waals surface area (Å²) in [5.74, 6) is 1.85. The molecule has 32 heavy (non-hydrogen) atoms. The minimum absolute atomic E-state index is 0.224. The van der Waals surface area contributed by atoms with Crippen LogP contribution in [0.25, 0.3) is 28.3 Å². The summed E-state index contributed by atoms with van der Waals surface area (Å²) in [4.78, 5) is 0. The van der Waals surface area contributed by atoms with Crippen molar-refractivity contribution in [2.45, 2.75) is 59.0 Å². The van der Waals surface area contributed by atoms with Gasteiger partial charge in [0, 0.05) is 0 Å². The molecule has 0 aliphatic rings. The number of hydrogen-bond donors (Lipinski definition) is 0. The summed E-state index contributed by atoms with van der Waals surface area (Å²) in [6.45, 7) is 11.3. The first-order valence-corrected chi connectivity index (χ1v) is 11.9. The largest absolute Gasteiger partial charge is 0.494 e. The molecule has 0 unspecified atom stereocenters. The standard InChI is InChI=1S/C30H36O2/c1-5-8-9-10-21-31-28-16-11-25(12-17-28)27-15-20-30(24(7-3)22-27)26-13-18-29(19-14-26)32-23(4)6-2/h7,11-20,22-23H,3,5-6,8-10,21H2,1-2,4H3/t23-/m0/s1. The molecular formula is C30H36O2. The van der Waals surface area contributed by atoms with E-state index in [-0.39, 0.29) is 6.10 Å². The fourth-order valence-corrected chi connectivity index (χ4v) is 3.67. The predicted molar refractivity (Wildman–Crippen MR) is 137 cm³/mol. The first-order valence-electron chi connectivity index (χ1n) is 11.9. The van der Waals surface area contributed by atoms with Crippen molar-refractivity contribution in [3.63, 3.8) is 0 Å². The van der Waals surface area contributed by atoms with Gasteiger partial charge in [0.05, 0.1) is 12.7 Å². The Bertz CT molecular complexity index is 971. The third kappa shape index (κ3) is 6.50. The Balaban J connectivity index is 1.70. The quantitative estimate of drug-likeness (QED) is 0.268. The van der Waals surface area contributed by atoms with Gasteiger partial charge in [-0.15, -0.1) is 0 Å². The number of rotatable bonds is 12. The lowest BCUT2D eigenvalue weighted by Crippen LogP contribution is -2.09. The molecule has 0 bridgehead atoms. The van der Waals surface area contributed by atoms with Gasteiger partial charge < -0.3 is 9.47 Å². The molecule has 0 aromatic heterocycles. The normalized spacial score (nSPS) is 11.7. The summed E-state index contributed by atoms with van der Waals surface area (Å²) in [5.41, 5.74) is 5.81. The minimum atomic E-state index is 0.224. The molecule has 3 aromatic carbocycles. The van der Waals surface area contributed by atoms with Crippen LogP contribution in [-0.2, 0) is 0 Å². The van der Waals surface area contributed by atoms with Crippen molar-refractivity contribution in [2.24, 2.45) is 0 Å². The number of ether oxygens (including phenoxy) is 2. The van der Waals surface area contributed by atoms with E-state index in [4.69, 9.17) is 9.47 Å². The molecule has 2 heteroatoms. The Morgan fingerprint density at radius 1 is 0.781 bits per heavy atom. The van der Waals surface area contributed by atoms with E-state index in [2.05, 4.69) is 81.9 Å². The Kier molecular flexibility index (Phi) is 8.98. The zero-order valence-electron chi connectivity index (χ0n) is 19.8. The van der Waals surface area contributed by atoms with Crippen molar-refractivity contribution >= 4 is 6.08 Å². The maximum Gasteiger partial charge on any atom is 0.119 e. The van der Waals surface area contributed by atoms with Crippen LogP contribution in [0.2, 0.25) is 0 Å². The highest BCUT2D eigenvalue weighted by atomic mass is 16.5. The third-order valence-corrected chi connectivity index (χ3v) is 5.80. The monoisotopic (exact) mass is 428 g/mol. The molecule has 0 N–H and O–H groups in total. The van der Waals surface area contributed by atoms with E-state index < -0.39 is 0 Å². The van der Waals surface area contributed by atoms with Gasteiger partial charge in [-0.2, -0.15) is 0 Å². The van der Waals surface area contributed by atoms with Crippen LogP contribution in [0.3, 0.4) is 0 Å². The first kappa shape index (κ1) is 23.7. The molecule has 0 radical (unpaired) electrons. The van der Waals surface area contributed by atoms with Gasteiger partial charge in [-0.05, 0) is 77.9 Å². The molecule has 0 saturated heterocycles. The van der Waals surface area contributed by atoms with E-state index in [1.54, 1.807) is 0 Å². The molecule has 0 fully saturated rings. The van der Waals surface area contributed by atoms with Crippen molar-refractivity contribution in [3.05, 3.63) is 78.9 Å². The summed E-state index contributed by atoms with van der Waals surface area (Å²) < 4.78 is 11.8. The van der Waals surface area contributed by atoms with Crippen molar-refractivity contribution in [1.29, 1.82) is 0 Å². The lowest BCUT2D eigenvalue weighted by atomic mass is 9.95. The molecule has 168 valence electrons. The van der Waals surface area contributed by atoms with Crippen LogP contribution in [0.15, 0.2) is 73.3 Å². The number of benzene rings is 3. The van der Waals surface area contributed by atoms with E-state index in [1.165, 1.54) is 36.0 Å². The molecule has 0 spiro atoms. The van der Waals surface area contributed by atoms with Gasteiger partial charge in [0.1, 0.15) is 11.5 Å². The van der Waals surface area contributed by atoms with Gasteiger partial charge in [0.2, 0.25) is 0 Å². The molecule has 0 amide bonds. The topological polar surface area (TPSA) is 18.5 Å². The zero-order valence-corrected chi connectivity index (χ0v) is 19.8. The van der Waals surface area contributed by atoms with E-state index in [0.29, 0.717) is 0 Å². The molecule has 2 nitrogen and oxygen atoms in total. The van der Waals surface area contributed by atoms with Crippen LogP contribution < -0.4 is 9.47 Å². The summed E-state index contributed by atoms with van der Waals surface area (Å²) >= 11 is 0. The van der Waals surface area contributed by atoms with Gasteiger partial charge in [0.15, 0.2) is 0 Å². The van der Waals surface area contributed by atoms with E-state index >= 15 is 0 Å². The van der Waals surface area contributed by atoms with Gasteiger partial charge in [0.25, 0.3) is 0 Å². The van der Waals surface area contributed by atoms with Crippen LogP contribution >= 0.6 is 0 Å². The third-order valence-electron chi connectivity index (χ3n) is 5.80. The molecule has 0 saturated carbocycles. The van der Waals surface area contributed by atoms with E-state index in [1.807, 2.05) is 18.2 Å².